The zero-order valence-electron chi connectivity index (χ0n) is 15.8. The molecule has 0 aliphatic heterocycles. The van der Waals surface area contributed by atoms with E-state index >= 15 is 0 Å². The fourth-order valence-corrected chi connectivity index (χ4v) is 3.84. The third kappa shape index (κ3) is 4.38. The molecule has 30 heavy (non-hydrogen) atoms. The number of halogens is 2. The molecule has 0 bridgehead atoms. The molecular formula is C20H16ClFN4O3S. The van der Waals surface area contributed by atoms with E-state index < -0.39 is 0 Å². The molecule has 0 N–H and O–H groups in total. The van der Waals surface area contributed by atoms with Crippen molar-refractivity contribution in [1.82, 2.24) is 19.7 Å². The Morgan fingerprint density at radius 3 is 2.77 bits per heavy atom. The van der Waals surface area contributed by atoms with E-state index in [9.17, 15) is 9.18 Å². The third-order valence-electron chi connectivity index (χ3n) is 4.28. The van der Waals surface area contributed by atoms with Crippen LogP contribution in [0.1, 0.15) is 5.89 Å². The second-order valence-electron chi connectivity index (χ2n) is 6.30. The summed E-state index contributed by atoms with van der Waals surface area (Å²) in [6.07, 6.45) is 0. The summed E-state index contributed by atoms with van der Waals surface area (Å²) in [7, 11) is 1.57. The molecule has 2 heterocycles. The van der Waals surface area contributed by atoms with Crippen molar-refractivity contribution in [2.24, 2.45) is 0 Å². The summed E-state index contributed by atoms with van der Waals surface area (Å²) in [5.74, 6) is 0.615. The Kier molecular flexibility index (Phi) is 6.12. The van der Waals surface area contributed by atoms with Gasteiger partial charge in [0.2, 0.25) is 11.8 Å². The highest BCUT2D eigenvalue weighted by Gasteiger charge is 2.15. The van der Waals surface area contributed by atoms with Crippen LogP contribution in [0.2, 0.25) is 5.02 Å². The molecule has 0 spiro atoms. The zero-order valence-corrected chi connectivity index (χ0v) is 17.4. The highest BCUT2D eigenvalue weighted by Crippen LogP contribution is 2.25. The van der Waals surface area contributed by atoms with Gasteiger partial charge in [-0.2, -0.15) is 0 Å². The Labute approximate surface area is 179 Å². The van der Waals surface area contributed by atoms with Gasteiger partial charge in [0, 0.05) is 17.7 Å². The molecule has 0 aliphatic carbocycles. The smallest absolute Gasteiger partial charge is 0.262 e. The quantitative estimate of drug-likeness (QED) is 0.311. The zero-order chi connectivity index (χ0) is 21.1. The average Bonchev–Trinajstić information content (AvgIpc) is 3.21. The minimum Gasteiger partial charge on any atom is -0.420 e. The lowest BCUT2D eigenvalue weighted by molar-refractivity contribution is 0.183. The van der Waals surface area contributed by atoms with Crippen molar-refractivity contribution >= 4 is 34.3 Å². The van der Waals surface area contributed by atoms with Crippen molar-refractivity contribution in [3.8, 4) is 11.5 Å². The van der Waals surface area contributed by atoms with Gasteiger partial charge in [-0.1, -0.05) is 23.4 Å². The monoisotopic (exact) mass is 446 g/mol. The first kappa shape index (κ1) is 20.5. The minimum atomic E-state index is -0.342. The average molecular weight is 447 g/mol. The van der Waals surface area contributed by atoms with Crippen LogP contribution in [0.3, 0.4) is 0 Å². The van der Waals surface area contributed by atoms with Crippen LogP contribution in [0.15, 0.2) is 56.8 Å². The van der Waals surface area contributed by atoms with Crippen LogP contribution < -0.4 is 5.56 Å². The maximum absolute atomic E-state index is 13.1. The lowest BCUT2D eigenvalue weighted by Crippen LogP contribution is -2.25. The number of fused-ring (bicyclic) bond motifs is 1. The number of nitrogens with zero attached hydrogens (tertiary/aromatic N) is 4. The highest BCUT2D eigenvalue weighted by atomic mass is 35.5. The van der Waals surface area contributed by atoms with Gasteiger partial charge in [0.25, 0.3) is 5.56 Å². The number of thioether (sulfide) groups is 1. The maximum atomic E-state index is 13.1. The molecule has 154 valence electrons. The summed E-state index contributed by atoms with van der Waals surface area (Å²) < 4.78 is 25.4. The van der Waals surface area contributed by atoms with Crippen LogP contribution in [-0.2, 0) is 17.0 Å². The van der Waals surface area contributed by atoms with Gasteiger partial charge in [-0.25, -0.2) is 9.37 Å². The summed E-state index contributed by atoms with van der Waals surface area (Å²) in [5, 5.41) is 9.51. The summed E-state index contributed by atoms with van der Waals surface area (Å²) in [4.78, 5) is 17.5. The predicted octanol–water partition coefficient (Wildman–Crippen LogP) is 4.18. The molecule has 0 saturated heterocycles. The largest absolute Gasteiger partial charge is 0.420 e. The fraction of sp³-hybridized carbons (Fsp3) is 0.200. The van der Waals surface area contributed by atoms with Crippen molar-refractivity contribution in [1.29, 1.82) is 0 Å². The van der Waals surface area contributed by atoms with E-state index in [1.807, 2.05) is 0 Å². The Balaban J connectivity index is 1.61. The molecule has 4 aromatic rings. The van der Waals surface area contributed by atoms with Gasteiger partial charge in [-0.3, -0.25) is 9.36 Å². The second kappa shape index (κ2) is 8.95. The Hall–Kier alpha value is -2.75. The Bertz CT molecular complexity index is 1240. The molecule has 0 aliphatic rings. The molecule has 4 rings (SSSR count). The van der Waals surface area contributed by atoms with Gasteiger partial charge in [0.05, 0.1) is 29.8 Å². The lowest BCUT2D eigenvalue weighted by atomic mass is 10.2. The van der Waals surface area contributed by atoms with E-state index in [0.29, 0.717) is 57.3 Å². The fourth-order valence-electron chi connectivity index (χ4n) is 2.81. The minimum absolute atomic E-state index is 0.172. The number of hydrogen-bond acceptors (Lipinski definition) is 7. The number of methoxy groups -OCH3 is 1. The van der Waals surface area contributed by atoms with Crippen LogP contribution in [-0.4, -0.2) is 33.5 Å². The molecule has 0 atom stereocenters. The van der Waals surface area contributed by atoms with E-state index in [2.05, 4.69) is 15.2 Å². The summed E-state index contributed by atoms with van der Waals surface area (Å²) in [6.45, 7) is 0.720. The van der Waals surface area contributed by atoms with E-state index in [4.69, 9.17) is 20.8 Å². The van der Waals surface area contributed by atoms with Crippen molar-refractivity contribution in [2.45, 2.75) is 17.5 Å². The number of hydrogen-bond donors (Lipinski definition) is 0. The van der Waals surface area contributed by atoms with Gasteiger partial charge in [-0.15, -0.1) is 10.2 Å². The molecular weight excluding hydrogens is 431 g/mol. The summed E-state index contributed by atoms with van der Waals surface area (Å²) in [5.41, 5.74) is 0.963. The molecule has 2 aromatic heterocycles. The van der Waals surface area contributed by atoms with Crippen molar-refractivity contribution < 1.29 is 13.5 Å². The van der Waals surface area contributed by atoms with Crippen molar-refractivity contribution in [3.63, 3.8) is 0 Å². The van der Waals surface area contributed by atoms with Crippen LogP contribution in [0.25, 0.3) is 22.4 Å². The van der Waals surface area contributed by atoms with Crippen molar-refractivity contribution in [3.05, 3.63) is 69.5 Å². The molecule has 2 aromatic carbocycles. The molecule has 10 heteroatoms. The topological polar surface area (TPSA) is 83.0 Å². The van der Waals surface area contributed by atoms with Gasteiger partial charge in [0.15, 0.2) is 5.16 Å². The Morgan fingerprint density at radius 2 is 2.00 bits per heavy atom. The predicted molar refractivity (Wildman–Crippen MR) is 112 cm³/mol. The molecule has 7 nitrogen and oxygen atoms in total. The SMILES string of the molecule is COCCn1c(SCc2nnc(-c3ccc(F)cc3)o2)nc2cc(Cl)ccc2c1=O. The van der Waals surface area contributed by atoms with Crippen LogP contribution >= 0.6 is 23.4 Å². The van der Waals surface area contributed by atoms with E-state index in [1.54, 1.807) is 42.0 Å². The van der Waals surface area contributed by atoms with Crippen LogP contribution in [0.4, 0.5) is 4.39 Å². The Morgan fingerprint density at radius 1 is 1.20 bits per heavy atom. The molecule has 0 amide bonds. The van der Waals surface area contributed by atoms with Gasteiger partial charge >= 0.3 is 0 Å². The van der Waals surface area contributed by atoms with Crippen LogP contribution in [0.5, 0.6) is 0 Å². The van der Waals surface area contributed by atoms with Gasteiger partial charge in [-0.05, 0) is 42.5 Å². The van der Waals surface area contributed by atoms with Gasteiger partial charge in [0.1, 0.15) is 5.82 Å². The number of benzene rings is 2. The van der Waals surface area contributed by atoms with Crippen molar-refractivity contribution in [2.75, 3.05) is 13.7 Å². The van der Waals surface area contributed by atoms with Gasteiger partial charge < -0.3 is 9.15 Å². The molecule has 0 unspecified atom stereocenters. The highest BCUT2D eigenvalue weighted by molar-refractivity contribution is 7.98. The number of rotatable bonds is 7. The first-order valence-corrected chi connectivity index (χ1v) is 10.3. The normalized spacial score (nSPS) is 11.3. The number of aromatic nitrogens is 4. The van der Waals surface area contributed by atoms with E-state index in [1.165, 1.54) is 23.9 Å². The third-order valence-corrected chi connectivity index (χ3v) is 5.48. The second-order valence-corrected chi connectivity index (χ2v) is 7.68. The van der Waals surface area contributed by atoms with E-state index in [-0.39, 0.29) is 11.4 Å². The summed E-state index contributed by atoms with van der Waals surface area (Å²) >= 11 is 7.35. The first-order valence-electron chi connectivity index (χ1n) is 8.95. The lowest BCUT2D eigenvalue weighted by Gasteiger charge is -2.12. The molecule has 0 saturated carbocycles. The van der Waals surface area contributed by atoms with E-state index in [0.717, 1.165) is 0 Å². The molecule has 0 radical (unpaired) electrons. The standard InChI is InChI=1S/C20H16ClFN4O3S/c1-28-9-8-26-19(27)15-7-4-13(21)10-16(15)23-20(26)30-11-17-24-25-18(29-17)12-2-5-14(22)6-3-12/h2-7,10H,8-9,11H2,1H3. The first-order chi connectivity index (χ1) is 14.5. The summed E-state index contributed by atoms with van der Waals surface area (Å²) in [6, 6.07) is 10.8. The van der Waals surface area contributed by atoms with Crippen LogP contribution in [0, 0.1) is 5.82 Å². The molecule has 0 fully saturated rings. The number of ether oxygens (including phenoxy) is 1. The maximum Gasteiger partial charge on any atom is 0.262 e.